The lowest BCUT2D eigenvalue weighted by atomic mass is 10.4. The highest BCUT2D eigenvalue weighted by molar-refractivity contribution is 4.63. The zero-order valence-electron chi connectivity index (χ0n) is 11.6. The molecule has 0 fully saturated rings. The summed E-state index contributed by atoms with van der Waals surface area (Å²) < 4.78 is 17.4. The molecular weight excluding hydrogens is 248 g/mol. The number of hydrogen-bond donors (Lipinski definition) is 1. The van der Waals surface area contributed by atoms with E-state index in [4.69, 9.17) is 14.2 Å². The van der Waals surface area contributed by atoms with Gasteiger partial charge in [-0.25, -0.2) is 0 Å². The van der Waals surface area contributed by atoms with Crippen molar-refractivity contribution in [3.05, 3.63) is 12.4 Å². The first kappa shape index (κ1) is 16.0. The molecule has 19 heavy (non-hydrogen) atoms. The van der Waals surface area contributed by atoms with Crippen LogP contribution in [0.4, 0.5) is 0 Å². The maximum absolute atomic E-state index is 5.41. The van der Waals surface area contributed by atoms with Crippen molar-refractivity contribution in [2.45, 2.75) is 13.0 Å². The molecule has 0 spiro atoms. The standard InChI is InChI=1S/C12H24N4O3/c1-17-9-10-19-12-11-18-8-5-13-3-2-6-16-7-4-14-15-16/h4,7,13H,2-3,5-6,8-12H2,1H3. The second kappa shape index (κ2) is 12.0. The first-order valence-electron chi connectivity index (χ1n) is 6.62. The van der Waals surface area contributed by atoms with Gasteiger partial charge in [-0.1, -0.05) is 5.21 Å². The largest absolute Gasteiger partial charge is 0.382 e. The number of nitrogens with zero attached hydrogens (tertiary/aromatic N) is 3. The van der Waals surface area contributed by atoms with Crippen LogP contribution in [0.3, 0.4) is 0 Å². The molecule has 0 bridgehead atoms. The molecule has 0 radical (unpaired) electrons. The SMILES string of the molecule is COCCOCCOCCNCCCn1ccnn1. The van der Waals surface area contributed by atoms with E-state index in [2.05, 4.69) is 15.6 Å². The minimum atomic E-state index is 0.621. The van der Waals surface area contributed by atoms with Crippen molar-refractivity contribution < 1.29 is 14.2 Å². The number of rotatable bonds is 13. The van der Waals surface area contributed by atoms with E-state index in [0.29, 0.717) is 33.0 Å². The molecule has 0 atom stereocenters. The van der Waals surface area contributed by atoms with Gasteiger partial charge in [-0.2, -0.15) is 0 Å². The van der Waals surface area contributed by atoms with E-state index < -0.39 is 0 Å². The number of aryl methyl sites for hydroxylation is 1. The highest BCUT2D eigenvalue weighted by Gasteiger charge is 1.93. The van der Waals surface area contributed by atoms with Crippen LogP contribution in [0.5, 0.6) is 0 Å². The molecule has 0 aliphatic heterocycles. The average Bonchev–Trinajstić information content (AvgIpc) is 2.93. The van der Waals surface area contributed by atoms with Gasteiger partial charge in [0, 0.05) is 26.4 Å². The Morgan fingerprint density at radius 1 is 1.05 bits per heavy atom. The van der Waals surface area contributed by atoms with Gasteiger partial charge in [0.25, 0.3) is 0 Å². The van der Waals surface area contributed by atoms with Crippen molar-refractivity contribution in [2.24, 2.45) is 0 Å². The van der Waals surface area contributed by atoms with Crippen LogP contribution in [0.1, 0.15) is 6.42 Å². The smallest absolute Gasteiger partial charge is 0.0701 e. The monoisotopic (exact) mass is 272 g/mol. The Kier molecular flexibility index (Phi) is 10.2. The lowest BCUT2D eigenvalue weighted by Crippen LogP contribution is -2.22. The summed E-state index contributed by atoms with van der Waals surface area (Å²) in [5.41, 5.74) is 0. The van der Waals surface area contributed by atoms with Crippen molar-refractivity contribution in [1.29, 1.82) is 0 Å². The highest BCUT2D eigenvalue weighted by atomic mass is 16.5. The molecule has 1 rings (SSSR count). The van der Waals surface area contributed by atoms with Crippen molar-refractivity contribution in [3.8, 4) is 0 Å². The van der Waals surface area contributed by atoms with E-state index in [-0.39, 0.29) is 0 Å². The molecule has 0 saturated heterocycles. The zero-order chi connectivity index (χ0) is 13.6. The number of hydrogen-bond acceptors (Lipinski definition) is 6. The van der Waals surface area contributed by atoms with Crippen LogP contribution in [0.2, 0.25) is 0 Å². The molecule has 1 aromatic rings. The summed E-state index contributed by atoms with van der Waals surface area (Å²) in [6, 6.07) is 0. The van der Waals surface area contributed by atoms with E-state index in [9.17, 15) is 0 Å². The fourth-order valence-electron chi connectivity index (χ4n) is 1.45. The third kappa shape index (κ3) is 9.54. The quantitative estimate of drug-likeness (QED) is 0.507. The number of ether oxygens (including phenoxy) is 3. The van der Waals surface area contributed by atoms with E-state index in [1.807, 2.05) is 10.9 Å². The molecule has 1 aromatic heterocycles. The van der Waals surface area contributed by atoms with Gasteiger partial charge in [0.2, 0.25) is 0 Å². The second-order valence-corrected chi connectivity index (χ2v) is 3.99. The number of aromatic nitrogens is 3. The molecule has 0 aliphatic rings. The summed E-state index contributed by atoms with van der Waals surface area (Å²) >= 11 is 0. The Bertz CT molecular complexity index is 283. The molecule has 7 nitrogen and oxygen atoms in total. The van der Waals surface area contributed by atoms with Crippen molar-refractivity contribution in [1.82, 2.24) is 20.3 Å². The average molecular weight is 272 g/mol. The number of nitrogens with one attached hydrogen (secondary N) is 1. The molecule has 1 heterocycles. The molecule has 1 N–H and O–H groups in total. The van der Waals surface area contributed by atoms with Gasteiger partial charge in [0.15, 0.2) is 0 Å². The van der Waals surface area contributed by atoms with Crippen molar-refractivity contribution in [3.63, 3.8) is 0 Å². The molecule has 0 aliphatic carbocycles. The normalized spacial score (nSPS) is 11.0. The topological polar surface area (TPSA) is 70.4 Å². The van der Waals surface area contributed by atoms with E-state index in [0.717, 1.165) is 26.1 Å². The van der Waals surface area contributed by atoms with Gasteiger partial charge >= 0.3 is 0 Å². The van der Waals surface area contributed by atoms with Gasteiger partial charge in [-0.3, -0.25) is 4.68 Å². The lowest BCUT2D eigenvalue weighted by molar-refractivity contribution is 0.0256. The van der Waals surface area contributed by atoms with E-state index >= 15 is 0 Å². The summed E-state index contributed by atoms with van der Waals surface area (Å²) in [7, 11) is 1.66. The second-order valence-electron chi connectivity index (χ2n) is 3.99. The van der Waals surface area contributed by atoms with Gasteiger partial charge in [0.05, 0.1) is 39.2 Å². The summed E-state index contributed by atoms with van der Waals surface area (Å²) in [4.78, 5) is 0. The van der Waals surface area contributed by atoms with Crippen LogP contribution in [-0.4, -0.2) is 68.2 Å². The van der Waals surface area contributed by atoms with Gasteiger partial charge in [-0.15, -0.1) is 5.10 Å². The summed E-state index contributed by atoms with van der Waals surface area (Å²) in [6.45, 7) is 5.91. The Balaban J connectivity index is 1.72. The maximum atomic E-state index is 5.41. The molecular formula is C12H24N4O3. The molecule has 0 amide bonds. The van der Waals surface area contributed by atoms with Crippen LogP contribution in [-0.2, 0) is 20.8 Å². The summed E-state index contributed by atoms with van der Waals surface area (Å²) in [5, 5.41) is 11.0. The molecule has 0 unspecified atom stereocenters. The number of methoxy groups -OCH3 is 1. The first-order chi connectivity index (χ1) is 9.43. The third-order valence-corrected chi connectivity index (χ3v) is 2.44. The van der Waals surface area contributed by atoms with Crippen LogP contribution < -0.4 is 5.32 Å². The Morgan fingerprint density at radius 3 is 2.58 bits per heavy atom. The van der Waals surface area contributed by atoms with Crippen LogP contribution >= 0.6 is 0 Å². The fraction of sp³-hybridized carbons (Fsp3) is 0.833. The molecule has 0 saturated carbocycles. The lowest BCUT2D eigenvalue weighted by Gasteiger charge is -2.07. The Hall–Kier alpha value is -1.02. The Morgan fingerprint density at radius 2 is 1.84 bits per heavy atom. The fourth-order valence-corrected chi connectivity index (χ4v) is 1.45. The van der Waals surface area contributed by atoms with Crippen LogP contribution in [0.25, 0.3) is 0 Å². The maximum Gasteiger partial charge on any atom is 0.0701 e. The summed E-state index contributed by atoms with van der Waals surface area (Å²) in [6.07, 6.45) is 4.59. The van der Waals surface area contributed by atoms with Crippen LogP contribution in [0.15, 0.2) is 12.4 Å². The van der Waals surface area contributed by atoms with E-state index in [1.54, 1.807) is 13.3 Å². The molecule has 0 aromatic carbocycles. The predicted molar refractivity (Wildman–Crippen MR) is 71.0 cm³/mol. The minimum absolute atomic E-state index is 0.621. The first-order valence-corrected chi connectivity index (χ1v) is 6.62. The van der Waals surface area contributed by atoms with E-state index in [1.165, 1.54) is 0 Å². The minimum Gasteiger partial charge on any atom is -0.382 e. The zero-order valence-corrected chi connectivity index (χ0v) is 11.6. The van der Waals surface area contributed by atoms with Crippen molar-refractivity contribution in [2.75, 3.05) is 53.2 Å². The summed E-state index contributed by atoms with van der Waals surface area (Å²) in [5.74, 6) is 0. The van der Waals surface area contributed by atoms with Gasteiger partial charge < -0.3 is 19.5 Å². The van der Waals surface area contributed by atoms with Gasteiger partial charge in [-0.05, 0) is 13.0 Å². The van der Waals surface area contributed by atoms with Gasteiger partial charge in [0.1, 0.15) is 0 Å². The third-order valence-electron chi connectivity index (χ3n) is 2.44. The predicted octanol–water partition coefficient (Wildman–Crippen LogP) is -0.0626. The van der Waals surface area contributed by atoms with Crippen LogP contribution in [0, 0.1) is 0 Å². The van der Waals surface area contributed by atoms with Crippen molar-refractivity contribution >= 4 is 0 Å². The Labute approximate surface area is 114 Å². The molecule has 7 heteroatoms. The highest BCUT2D eigenvalue weighted by Crippen LogP contribution is 1.85. The molecule has 110 valence electrons.